The summed E-state index contributed by atoms with van der Waals surface area (Å²) in [6.45, 7) is 7.64. The molecule has 1 atom stereocenters. The minimum atomic E-state index is 0.294. The molecule has 2 aromatic rings. The van der Waals surface area contributed by atoms with Crippen molar-refractivity contribution in [2.24, 2.45) is 0 Å². The van der Waals surface area contributed by atoms with Crippen molar-refractivity contribution in [1.82, 2.24) is 5.32 Å². The molecule has 0 aliphatic heterocycles. The van der Waals surface area contributed by atoms with E-state index in [0.29, 0.717) is 6.04 Å². The zero-order chi connectivity index (χ0) is 14.4. The first-order chi connectivity index (χ1) is 9.76. The van der Waals surface area contributed by atoms with Crippen LogP contribution in [0.3, 0.4) is 0 Å². The largest absolute Gasteiger partial charge is 0.306 e. The minimum absolute atomic E-state index is 0.294. The standard InChI is InChI=1S/C19H25N/c1-4-14-20-19(18-9-7-6-8-15(18)3)17-12-10-16(5-2)11-13-17/h6-13,19-20H,4-5,14H2,1-3H3. The number of benzene rings is 2. The van der Waals surface area contributed by atoms with E-state index in [4.69, 9.17) is 0 Å². The van der Waals surface area contributed by atoms with Crippen molar-refractivity contribution >= 4 is 0 Å². The van der Waals surface area contributed by atoms with E-state index in [9.17, 15) is 0 Å². The van der Waals surface area contributed by atoms with Crippen molar-refractivity contribution in [2.75, 3.05) is 6.54 Å². The molecule has 2 aromatic carbocycles. The molecule has 0 aromatic heterocycles. The second-order valence-corrected chi connectivity index (χ2v) is 5.34. The fourth-order valence-electron chi connectivity index (χ4n) is 2.55. The molecule has 1 N–H and O–H groups in total. The lowest BCUT2D eigenvalue weighted by Gasteiger charge is -2.21. The van der Waals surface area contributed by atoms with Gasteiger partial charge in [0.1, 0.15) is 0 Å². The van der Waals surface area contributed by atoms with Crippen molar-refractivity contribution in [3.05, 3.63) is 70.8 Å². The van der Waals surface area contributed by atoms with Gasteiger partial charge < -0.3 is 5.32 Å². The Morgan fingerprint density at radius 2 is 1.65 bits per heavy atom. The Hall–Kier alpha value is -1.60. The number of nitrogens with one attached hydrogen (secondary N) is 1. The van der Waals surface area contributed by atoms with Gasteiger partial charge in [0, 0.05) is 0 Å². The van der Waals surface area contributed by atoms with Crippen LogP contribution in [0, 0.1) is 6.92 Å². The Morgan fingerprint density at radius 3 is 2.25 bits per heavy atom. The maximum absolute atomic E-state index is 3.68. The van der Waals surface area contributed by atoms with E-state index in [2.05, 4.69) is 74.6 Å². The van der Waals surface area contributed by atoms with Gasteiger partial charge in [-0.1, -0.05) is 62.4 Å². The maximum atomic E-state index is 3.68. The number of rotatable bonds is 6. The van der Waals surface area contributed by atoms with Crippen molar-refractivity contribution in [3.8, 4) is 0 Å². The van der Waals surface area contributed by atoms with Crippen LogP contribution in [0.1, 0.15) is 48.6 Å². The van der Waals surface area contributed by atoms with Gasteiger partial charge in [-0.2, -0.15) is 0 Å². The number of hydrogen-bond acceptors (Lipinski definition) is 1. The molecule has 0 aliphatic rings. The van der Waals surface area contributed by atoms with Crippen LogP contribution < -0.4 is 5.32 Å². The summed E-state index contributed by atoms with van der Waals surface area (Å²) < 4.78 is 0. The average molecular weight is 267 g/mol. The highest BCUT2D eigenvalue weighted by atomic mass is 14.9. The monoisotopic (exact) mass is 267 g/mol. The summed E-state index contributed by atoms with van der Waals surface area (Å²) in [5.74, 6) is 0. The molecule has 0 bridgehead atoms. The van der Waals surface area contributed by atoms with Gasteiger partial charge in [-0.15, -0.1) is 0 Å². The van der Waals surface area contributed by atoms with E-state index in [1.165, 1.54) is 22.3 Å². The lowest BCUT2D eigenvalue weighted by atomic mass is 9.94. The maximum Gasteiger partial charge on any atom is 0.0579 e. The van der Waals surface area contributed by atoms with Crippen LogP contribution >= 0.6 is 0 Å². The van der Waals surface area contributed by atoms with Gasteiger partial charge in [-0.25, -0.2) is 0 Å². The van der Waals surface area contributed by atoms with Crippen LogP contribution in [0.5, 0.6) is 0 Å². The highest BCUT2D eigenvalue weighted by molar-refractivity contribution is 5.37. The molecule has 20 heavy (non-hydrogen) atoms. The quantitative estimate of drug-likeness (QED) is 0.803. The third kappa shape index (κ3) is 3.49. The zero-order valence-electron chi connectivity index (χ0n) is 12.8. The van der Waals surface area contributed by atoms with Gasteiger partial charge in [-0.05, 0) is 48.6 Å². The molecular formula is C19H25N. The summed E-state index contributed by atoms with van der Waals surface area (Å²) in [5, 5.41) is 3.68. The van der Waals surface area contributed by atoms with Gasteiger partial charge in [0.25, 0.3) is 0 Å². The Balaban J connectivity index is 2.33. The Labute approximate surface area is 123 Å². The number of aryl methyl sites for hydroxylation is 2. The third-order valence-electron chi connectivity index (χ3n) is 3.82. The van der Waals surface area contributed by atoms with Crippen LogP contribution in [0.15, 0.2) is 48.5 Å². The molecule has 0 saturated heterocycles. The third-order valence-corrected chi connectivity index (χ3v) is 3.82. The highest BCUT2D eigenvalue weighted by Crippen LogP contribution is 2.25. The fraction of sp³-hybridized carbons (Fsp3) is 0.368. The molecule has 0 amide bonds. The molecule has 106 valence electrons. The summed E-state index contributed by atoms with van der Waals surface area (Å²) in [6.07, 6.45) is 2.24. The molecule has 1 unspecified atom stereocenters. The normalized spacial score (nSPS) is 12.3. The van der Waals surface area contributed by atoms with Crippen LogP contribution in [-0.4, -0.2) is 6.54 Å². The van der Waals surface area contributed by atoms with Crippen molar-refractivity contribution in [1.29, 1.82) is 0 Å². The molecule has 2 rings (SSSR count). The Kier molecular flexibility index (Phi) is 5.37. The molecule has 0 aliphatic carbocycles. The first-order valence-corrected chi connectivity index (χ1v) is 7.64. The van der Waals surface area contributed by atoms with E-state index >= 15 is 0 Å². The van der Waals surface area contributed by atoms with Gasteiger partial charge in [0.2, 0.25) is 0 Å². The van der Waals surface area contributed by atoms with Gasteiger partial charge in [0.15, 0.2) is 0 Å². The van der Waals surface area contributed by atoms with Crippen molar-refractivity contribution in [2.45, 2.75) is 39.7 Å². The van der Waals surface area contributed by atoms with Crippen LogP contribution in [0.4, 0.5) is 0 Å². The molecule has 0 saturated carbocycles. The van der Waals surface area contributed by atoms with Gasteiger partial charge in [0.05, 0.1) is 6.04 Å². The zero-order valence-corrected chi connectivity index (χ0v) is 12.8. The molecule has 0 heterocycles. The summed E-state index contributed by atoms with van der Waals surface area (Å²) in [4.78, 5) is 0. The van der Waals surface area contributed by atoms with Gasteiger partial charge in [-0.3, -0.25) is 0 Å². The van der Waals surface area contributed by atoms with E-state index in [0.717, 1.165) is 19.4 Å². The van der Waals surface area contributed by atoms with Crippen molar-refractivity contribution in [3.63, 3.8) is 0 Å². The summed E-state index contributed by atoms with van der Waals surface area (Å²) in [6, 6.07) is 18.0. The van der Waals surface area contributed by atoms with Crippen LogP contribution in [-0.2, 0) is 6.42 Å². The predicted molar refractivity (Wildman–Crippen MR) is 87.1 cm³/mol. The second kappa shape index (κ2) is 7.25. The average Bonchev–Trinajstić information content (AvgIpc) is 2.50. The summed E-state index contributed by atoms with van der Waals surface area (Å²) in [7, 11) is 0. The number of hydrogen-bond donors (Lipinski definition) is 1. The van der Waals surface area contributed by atoms with E-state index in [-0.39, 0.29) is 0 Å². The lowest BCUT2D eigenvalue weighted by Crippen LogP contribution is -2.23. The topological polar surface area (TPSA) is 12.0 Å². The molecule has 1 heteroatoms. The molecule has 0 radical (unpaired) electrons. The van der Waals surface area contributed by atoms with Crippen molar-refractivity contribution < 1.29 is 0 Å². The molecule has 1 nitrogen and oxygen atoms in total. The summed E-state index contributed by atoms with van der Waals surface area (Å²) >= 11 is 0. The van der Waals surface area contributed by atoms with Crippen LogP contribution in [0.2, 0.25) is 0 Å². The lowest BCUT2D eigenvalue weighted by molar-refractivity contribution is 0.596. The molecular weight excluding hydrogens is 242 g/mol. The SMILES string of the molecule is CCCNC(c1ccc(CC)cc1)c1ccccc1C. The molecule has 0 spiro atoms. The molecule has 0 fully saturated rings. The van der Waals surface area contributed by atoms with E-state index < -0.39 is 0 Å². The second-order valence-electron chi connectivity index (χ2n) is 5.34. The van der Waals surface area contributed by atoms with E-state index in [1.807, 2.05) is 0 Å². The predicted octanol–water partition coefficient (Wildman–Crippen LogP) is 4.65. The van der Waals surface area contributed by atoms with Crippen LogP contribution in [0.25, 0.3) is 0 Å². The van der Waals surface area contributed by atoms with E-state index in [1.54, 1.807) is 0 Å². The Bertz CT molecular complexity index is 528. The van der Waals surface area contributed by atoms with Gasteiger partial charge >= 0.3 is 0 Å². The fourth-order valence-corrected chi connectivity index (χ4v) is 2.55. The first kappa shape index (κ1) is 14.8. The smallest absolute Gasteiger partial charge is 0.0579 e. The summed E-state index contributed by atoms with van der Waals surface area (Å²) in [5.41, 5.74) is 5.48. The highest BCUT2D eigenvalue weighted by Gasteiger charge is 2.14. The first-order valence-electron chi connectivity index (χ1n) is 7.64. The minimum Gasteiger partial charge on any atom is -0.306 e. The Morgan fingerprint density at radius 1 is 0.950 bits per heavy atom.